The van der Waals surface area contributed by atoms with Gasteiger partial charge in [-0.25, -0.2) is 4.98 Å². The summed E-state index contributed by atoms with van der Waals surface area (Å²) in [6, 6.07) is 32.9. The van der Waals surface area contributed by atoms with Crippen LogP contribution in [0.4, 0.5) is 0 Å². The van der Waals surface area contributed by atoms with Crippen LogP contribution in [0, 0.1) is 0 Å². The summed E-state index contributed by atoms with van der Waals surface area (Å²) in [5, 5.41) is 1.37. The number of benzene rings is 4. The summed E-state index contributed by atoms with van der Waals surface area (Å²) in [7, 11) is 0. The average molecular weight is 545 g/mol. The average Bonchev–Trinajstić information content (AvgIpc) is 3.78. The van der Waals surface area contributed by atoms with Crippen molar-refractivity contribution in [3.8, 4) is 11.4 Å². The Kier molecular flexibility index (Phi) is 4.45. The second-order valence-corrected chi connectivity index (χ2v) is 11.8. The van der Waals surface area contributed by atoms with Gasteiger partial charge in [-0.1, -0.05) is 66.7 Å². The topological polar surface area (TPSA) is 36.4 Å². The maximum absolute atomic E-state index is 6.79. The highest BCUT2D eigenvalue weighted by molar-refractivity contribution is 5.93. The fourth-order valence-corrected chi connectivity index (χ4v) is 7.91. The molecule has 0 fully saturated rings. The van der Waals surface area contributed by atoms with Crippen molar-refractivity contribution in [2.45, 2.75) is 37.6 Å². The summed E-state index contributed by atoms with van der Waals surface area (Å²) in [6.07, 6.45) is 11.2. The molecule has 4 heterocycles. The molecule has 5 heteroatoms. The molecule has 2 aliphatic carbocycles. The number of aromatic nitrogens is 4. The second kappa shape index (κ2) is 8.26. The van der Waals surface area contributed by atoms with Gasteiger partial charge in [-0.2, -0.15) is 0 Å². The normalized spacial score (nSPS) is 19.3. The molecule has 42 heavy (non-hydrogen) atoms. The lowest BCUT2D eigenvalue weighted by molar-refractivity contribution is 0.356. The van der Waals surface area contributed by atoms with E-state index in [4.69, 9.17) is 9.72 Å². The number of imidazole rings is 2. The van der Waals surface area contributed by atoms with Gasteiger partial charge in [0, 0.05) is 39.7 Å². The van der Waals surface area contributed by atoms with E-state index >= 15 is 0 Å². The first-order chi connectivity index (χ1) is 20.8. The molecule has 2 atom stereocenters. The predicted molar refractivity (Wildman–Crippen MR) is 169 cm³/mol. The summed E-state index contributed by atoms with van der Waals surface area (Å²) < 4.78 is 14.0. The molecule has 7 aromatic rings. The van der Waals surface area contributed by atoms with Crippen molar-refractivity contribution in [2.75, 3.05) is 0 Å². The molecule has 0 N–H and O–H groups in total. The van der Waals surface area contributed by atoms with Crippen molar-refractivity contribution in [3.63, 3.8) is 0 Å². The number of nitrogens with zero attached hydrogens (tertiary/aromatic N) is 4. The number of hydrogen-bond acceptors (Lipinski definition) is 2. The van der Waals surface area contributed by atoms with Crippen LogP contribution < -0.4 is 4.74 Å². The van der Waals surface area contributed by atoms with Crippen LogP contribution in [0.15, 0.2) is 109 Å². The minimum Gasteiger partial charge on any atom is -0.459 e. The van der Waals surface area contributed by atoms with E-state index in [0.717, 1.165) is 70.7 Å². The van der Waals surface area contributed by atoms with Crippen LogP contribution in [0.3, 0.4) is 0 Å². The minimum atomic E-state index is 0.242. The van der Waals surface area contributed by atoms with Crippen LogP contribution in [0.25, 0.3) is 50.5 Å². The maximum atomic E-state index is 6.79. The monoisotopic (exact) mass is 544 g/mol. The lowest BCUT2D eigenvalue weighted by Gasteiger charge is -2.29. The first kappa shape index (κ1) is 22.6. The van der Waals surface area contributed by atoms with Gasteiger partial charge in [0.15, 0.2) is 5.75 Å². The Bertz CT molecular complexity index is 2310. The van der Waals surface area contributed by atoms with Crippen molar-refractivity contribution in [2.24, 2.45) is 0 Å². The third-order valence-corrected chi connectivity index (χ3v) is 9.66. The number of rotatable bonds is 2. The molecule has 1 aliphatic heterocycles. The smallest absolute Gasteiger partial charge is 0.220 e. The fourth-order valence-electron chi connectivity index (χ4n) is 7.91. The van der Waals surface area contributed by atoms with Gasteiger partial charge in [0.2, 0.25) is 5.78 Å². The zero-order chi connectivity index (χ0) is 27.4. The molecule has 0 amide bonds. The Balaban J connectivity index is 1.13. The van der Waals surface area contributed by atoms with Crippen molar-refractivity contribution in [1.29, 1.82) is 0 Å². The van der Waals surface area contributed by atoms with Crippen LogP contribution in [-0.4, -0.2) is 18.5 Å². The van der Waals surface area contributed by atoms with Crippen molar-refractivity contribution in [1.82, 2.24) is 18.5 Å². The summed E-state index contributed by atoms with van der Waals surface area (Å²) in [4.78, 5) is 5.11. The van der Waals surface area contributed by atoms with Gasteiger partial charge in [-0.3, -0.25) is 8.97 Å². The van der Waals surface area contributed by atoms with Gasteiger partial charge >= 0.3 is 0 Å². The van der Waals surface area contributed by atoms with Gasteiger partial charge in [-0.05, 0) is 68.2 Å². The van der Waals surface area contributed by atoms with Crippen molar-refractivity contribution in [3.05, 3.63) is 126 Å². The van der Waals surface area contributed by atoms with Crippen LogP contribution in [-0.2, 0) is 6.42 Å². The van der Waals surface area contributed by atoms with E-state index in [2.05, 4.69) is 123 Å². The van der Waals surface area contributed by atoms with Crippen LogP contribution in [0.2, 0.25) is 0 Å². The Hall–Kier alpha value is -5.03. The molecule has 5 nitrogen and oxygen atoms in total. The molecule has 0 bridgehead atoms. The fraction of sp³-hybridized carbons (Fsp3) is 0.162. The number of fused-ring (bicyclic) bond motifs is 11. The summed E-state index contributed by atoms with van der Waals surface area (Å²) in [6.45, 7) is 0. The minimum absolute atomic E-state index is 0.242. The predicted octanol–water partition coefficient (Wildman–Crippen LogP) is 8.74. The van der Waals surface area contributed by atoms with Gasteiger partial charge in [0.25, 0.3) is 0 Å². The van der Waals surface area contributed by atoms with Crippen molar-refractivity contribution >= 4 is 44.8 Å². The highest BCUT2D eigenvalue weighted by Gasteiger charge is 2.38. The highest BCUT2D eigenvalue weighted by Crippen LogP contribution is 2.52. The summed E-state index contributed by atoms with van der Waals surface area (Å²) in [5.41, 5.74) is 11.0. The number of ether oxygens (including phenoxy) is 1. The molecule has 0 saturated carbocycles. The van der Waals surface area contributed by atoms with E-state index < -0.39 is 0 Å². The first-order valence-corrected chi connectivity index (χ1v) is 15.0. The molecule has 2 unspecified atom stereocenters. The quantitative estimate of drug-likeness (QED) is 0.218. The van der Waals surface area contributed by atoms with E-state index in [1.807, 2.05) is 0 Å². The van der Waals surface area contributed by atoms with Gasteiger partial charge in [-0.15, -0.1) is 0 Å². The molecule has 0 spiro atoms. The van der Waals surface area contributed by atoms with Crippen LogP contribution >= 0.6 is 0 Å². The standard InChI is InChI=1S/C37H28N4O/c1-4-14-29-24(10-1)25-11-2-5-15-30(25)39(29)23-20-21-35-27(22-23)26-12-9-19-34(36(26)42-35)41-33-18-8-7-17-32(33)40-31-16-6-3-13-28(31)38-37(40)41/h1-4,6-14,16-19,21,23,27H,5,15,20,22H2. The van der Waals surface area contributed by atoms with E-state index in [1.54, 1.807) is 0 Å². The van der Waals surface area contributed by atoms with E-state index in [1.165, 1.54) is 27.7 Å². The lowest BCUT2D eigenvalue weighted by atomic mass is 9.85. The van der Waals surface area contributed by atoms with Crippen molar-refractivity contribution < 1.29 is 4.74 Å². The zero-order valence-corrected chi connectivity index (χ0v) is 23.1. The second-order valence-electron chi connectivity index (χ2n) is 11.8. The summed E-state index contributed by atoms with van der Waals surface area (Å²) in [5.74, 6) is 3.22. The Morgan fingerprint density at radius 2 is 1.60 bits per heavy atom. The number of hydrogen-bond donors (Lipinski definition) is 0. The van der Waals surface area contributed by atoms with Gasteiger partial charge in [0.1, 0.15) is 5.76 Å². The molecule has 4 aromatic carbocycles. The molecule has 0 saturated heterocycles. The SMILES string of the molecule is C1=Cc2c(n(C3CC=C4Oc5c(cccc5-n5c6ccccc6n6c7ccccc7nc56)C4C3)c3ccccc23)CC1. The molecular formula is C37H28N4O. The van der Waals surface area contributed by atoms with Gasteiger partial charge in [0.05, 0.1) is 27.8 Å². The first-order valence-electron chi connectivity index (χ1n) is 15.0. The molecule has 3 aliphatic rings. The largest absolute Gasteiger partial charge is 0.459 e. The van der Waals surface area contributed by atoms with E-state index in [0.29, 0.717) is 6.04 Å². The maximum Gasteiger partial charge on any atom is 0.220 e. The number of para-hydroxylation sites is 6. The van der Waals surface area contributed by atoms with Gasteiger partial charge < -0.3 is 9.30 Å². The molecular weight excluding hydrogens is 516 g/mol. The van der Waals surface area contributed by atoms with Crippen LogP contribution in [0.5, 0.6) is 5.75 Å². The van der Waals surface area contributed by atoms with E-state index in [-0.39, 0.29) is 5.92 Å². The van der Waals surface area contributed by atoms with Crippen LogP contribution in [0.1, 0.15) is 48.0 Å². The lowest BCUT2D eigenvalue weighted by Crippen LogP contribution is -2.19. The third-order valence-electron chi connectivity index (χ3n) is 9.66. The summed E-state index contributed by atoms with van der Waals surface area (Å²) >= 11 is 0. The highest BCUT2D eigenvalue weighted by atomic mass is 16.5. The Morgan fingerprint density at radius 3 is 2.52 bits per heavy atom. The molecule has 3 aromatic heterocycles. The third kappa shape index (κ3) is 2.90. The zero-order valence-electron chi connectivity index (χ0n) is 23.1. The Morgan fingerprint density at radius 1 is 0.786 bits per heavy atom. The molecule has 202 valence electrons. The van der Waals surface area contributed by atoms with E-state index in [9.17, 15) is 0 Å². The molecule has 10 rings (SSSR count). The number of allylic oxidation sites excluding steroid dienone is 3. The Labute approximate surface area is 242 Å². The molecule has 0 radical (unpaired) electrons.